The van der Waals surface area contributed by atoms with Crippen LogP contribution in [0.25, 0.3) is 10.2 Å². The van der Waals surface area contributed by atoms with Gasteiger partial charge in [-0.3, -0.25) is 4.79 Å². The van der Waals surface area contributed by atoms with Gasteiger partial charge < -0.3 is 19.7 Å². The molecule has 140 valence electrons. The number of aromatic nitrogens is 1. The highest BCUT2D eigenvalue weighted by atomic mass is 32.1. The van der Waals surface area contributed by atoms with Crippen LogP contribution in [-0.4, -0.2) is 38.2 Å². The summed E-state index contributed by atoms with van der Waals surface area (Å²) in [5.41, 5.74) is 2.86. The van der Waals surface area contributed by atoms with Gasteiger partial charge in [0.2, 0.25) is 5.91 Å². The van der Waals surface area contributed by atoms with E-state index in [2.05, 4.69) is 34.3 Å². The number of nitrogens with one attached hydrogen (secondary N) is 1. The number of amides is 1. The summed E-state index contributed by atoms with van der Waals surface area (Å²) in [7, 11) is 3.17. The van der Waals surface area contributed by atoms with Crippen molar-refractivity contribution in [1.29, 1.82) is 0 Å². The monoisotopic (exact) mass is 383 g/mol. The molecule has 1 aliphatic heterocycles. The lowest BCUT2D eigenvalue weighted by Crippen LogP contribution is -2.52. The number of carbonyl (C=O) groups is 1. The Hall–Kier alpha value is -2.80. The van der Waals surface area contributed by atoms with Crippen molar-refractivity contribution in [2.45, 2.75) is 6.92 Å². The number of anilines is 2. The number of benzene rings is 2. The number of fused-ring (bicyclic) bond motifs is 1. The number of thiazole rings is 1. The lowest BCUT2D eigenvalue weighted by atomic mass is 10.00. The van der Waals surface area contributed by atoms with Gasteiger partial charge >= 0.3 is 0 Å². The minimum atomic E-state index is -0.0744. The molecule has 0 bridgehead atoms. The maximum absolute atomic E-state index is 12.6. The van der Waals surface area contributed by atoms with Crippen LogP contribution in [0.3, 0.4) is 0 Å². The van der Waals surface area contributed by atoms with Crippen molar-refractivity contribution in [3.05, 3.63) is 42.0 Å². The third kappa shape index (κ3) is 3.42. The van der Waals surface area contributed by atoms with Crippen molar-refractivity contribution >= 4 is 38.3 Å². The summed E-state index contributed by atoms with van der Waals surface area (Å²) in [6, 6.07) is 11.6. The number of methoxy groups -OCH3 is 2. The summed E-state index contributed by atoms with van der Waals surface area (Å²) >= 11 is 1.67. The molecule has 2 heterocycles. The number of nitrogens with zero attached hydrogens (tertiary/aromatic N) is 2. The van der Waals surface area contributed by atoms with Gasteiger partial charge in [0.1, 0.15) is 11.5 Å². The molecule has 27 heavy (non-hydrogen) atoms. The Morgan fingerprint density at radius 1 is 1.19 bits per heavy atom. The van der Waals surface area contributed by atoms with E-state index >= 15 is 0 Å². The predicted octanol–water partition coefficient (Wildman–Crippen LogP) is 3.70. The molecule has 1 aromatic heterocycles. The lowest BCUT2D eigenvalue weighted by molar-refractivity contribution is -0.120. The number of carbonyl (C=O) groups excluding carboxylic acids is 1. The Labute approximate surface area is 161 Å². The van der Waals surface area contributed by atoms with Crippen molar-refractivity contribution in [2.24, 2.45) is 5.92 Å². The molecule has 1 amide bonds. The standard InChI is InChI=1S/C20H21N3O3S/c1-12-4-6-15-18(8-12)27-20(22-15)23-10-13(11-23)19(24)21-16-9-14(25-2)5-7-17(16)26-3/h4-9,13H,10-11H2,1-3H3,(H,21,24). The second-order valence-corrected chi connectivity index (χ2v) is 7.63. The second-order valence-electron chi connectivity index (χ2n) is 6.62. The molecule has 0 aliphatic carbocycles. The molecule has 0 radical (unpaired) electrons. The molecular weight excluding hydrogens is 362 g/mol. The maximum atomic E-state index is 12.6. The van der Waals surface area contributed by atoms with Crippen LogP contribution in [0.5, 0.6) is 11.5 Å². The second kappa shape index (κ2) is 7.08. The van der Waals surface area contributed by atoms with Gasteiger partial charge in [-0.1, -0.05) is 17.4 Å². The SMILES string of the molecule is COc1ccc(OC)c(NC(=O)C2CN(c3nc4ccc(C)cc4s3)C2)c1. The predicted molar refractivity (Wildman–Crippen MR) is 108 cm³/mol. The highest BCUT2D eigenvalue weighted by Crippen LogP contribution is 2.34. The van der Waals surface area contributed by atoms with Gasteiger partial charge in [0.25, 0.3) is 0 Å². The molecule has 1 saturated heterocycles. The first-order valence-electron chi connectivity index (χ1n) is 8.72. The summed E-state index contributed by atoms with van der Waals surface area (Å²) in [5, 5.41) is 3.93. The molecule has 0 atom stereocenters. The Kier molecular flexibility index (Phi) is 4.61. The van der Waals surface area contributed by atoms with Crippen LogP contribution in [0.4, 0.5) is 10.8 Å². The fourth-order valence-electron chi connectivity index (χ4n) is 3.10. The van der Waals surface area contributed by atoms with E-state index in [9.17, 15) is 4.79 Å². The van der Waals surface area contributed by atoms with Crippen LogP contribution in [0.15, 0.2) is 36.4 Å². The first kappa shape index (κ1) is 17.6. The zero-order chi connectivity index (χ0) is 19.0. The van der Waals surface area contributed by atoms with E-state index in [-0.39, 0.29) is 11.8 Å². The summed E-state index contributed by atoms with van der Waals surface area (Å²) in [6.07, 6.45) is 0. The number of hydrogen-bond acceptors (Lipinski definition) is 6. The van der Waals surface area contributed by atoms with Crippen molar-refractivity contribution in [2.75, 3.05) is 37.5 Å². The van der Waals surface area contributed by atoms with Crippen LogP contribution < -0.4 is 19.7 Å². The number of aryl methyl sites for hydroxylation is 1. The van der Waals surface area contributed by atoms with Gasteiger partial charge in [-0.05, 0) is 36.8 Å². The van der Waals surface area contributed by atoms with Gasteiger partial charge in [0.15, 0.2) is 5.13 Å². The molecular formula is C20H21N3O3S. The topological polar surface area (TPSA) is 63.7 Å². The van der Waals surface area contributed by atoms with Gasteiger partial charge in [0, 0.05) is 19.2 Å². The highest BCUT2D eigenvalue weighted by molar-refractivity contribution is 7.22. The average Bonchev–Trinajstić information content (AvgIpc) is 3.02. The summed E-state index contributed by atoms with van der Waals surface area (Å²) in [4.78, 5) is 19.4. The molecule has 3 aromatic rings. The minimum Gasteiger partial charge on any atom is -0.497 e. The number of rotatable bonds is 5. The fraction of sp³-hybridized carbons (Fsp3) is 0.300. The first-order valence-corrected chi connectivity index (χ1v) is 9.54. The van der Waals surface area contributed by atoms with Crippen LogP contribution >= 0.6 is 11.3 Å². The van der Waals surface area contributed by atoms with Gasteiger partial charge in [-0.2, -0.15) is 0 Å². The quantitative estimate of drug-likeness (QED) is 0.728. The van der Waals surface area contributed by atoms with E-state index in [4.69, 9.17) is 9.47 Å². The molecule has 0 spiro atoms. The van der Waals surface area contributed by atoms with E-state index in [1.807, 2.05) is 6.07 Å². The molecule has 1 aliphatic rings. The van der Waals surface area contributed by atoms with E-state index in [0.29, 0.717) is 30.3 Å². The Bertz CT molecular complexity index is 995. The van der Waals surface area contributed by atoms with Crippen molar-refractivity contribution in [1.82, 2.24) is 4.98 Å². The largest absolute Gasteiger partial charge is 0.497 e. The van der Waals surface area contributed by atoms with Crippen LogP contribution in [0.1, 0.15) is 5.56 Å². The molecule has 2 aromatic carbocycles. The smallest absolute Gasteiger partial charge is 0.231 e. The summed E-state index contributed by atoms with van der Waals surface area (Å²) in [6.45, 7) is 3.41. The van der Waals surface area contributed by atoms with Gasteiger partial charge in [0.05, 0.1) is 36.0 Å². The number of hydrogen-bond donors (Lipinski definition) is 1. The third-order valence-electron chi connectivity index (χ3n) is 4.72. The summed E-state index contributed by atoms with van der Waals surface area (Å²) < 4.78 is 11.7. The zero-order valence-electron chi connectivity index (χ0n) is 15.5. The van der Waals surface area contributed by atoms with E-state index < -0.39 is 0 Å². The molecule has 7 heteroatoms. The number of ether oxygens (including phenoxy) is 2. The van der Waals surface area contributed by atoms with E-state index in [0.717, 1.165) is 10.6 Å². The van der Waals surface area contributed by atoms with E-state index in [1.54, 1.807) is 43.8 Å². The first-order chi connectivity index (χ1) is 13.1. The maximum Gasteiger partial charge on any atom is 0.231 e. The molecule has 6 nitrogen and oxygen atoms in total. The van der Waals surface area contributed by atoms with Crippen molar-refractivity contribution < 1.29 is 14.3 Å². The Morgan fingerprint density at radius 3 is 2.74 bits per heavy atom. The molecule has 1 fully saturated rings. The molecule has 0 saturated carbocycles. The third-order valence-corrected chi connectivity index (χ3v) is 5.80. The fourth-order valence-corrected chi connectivity index (χ4v) is 4.18. The highest BCUT2D eigenvalue weighted by Gasteiger charge is 2.34. The Balaban J connectivity index is 1.42. The van der Waals surface area contributed by atoms with Gasteiger partial charge in [-0.15, -0.1) is 0 Å². The van der Waals surface area contributed by atoms with Crippen LogP contribution in [0, 0.1) is 12.8 Å². The van der Waals surface area contributed by atoms with Crippen molar-refractivity contribution in [3.63, 3.8) is 0 Å². The molecule has 0 unspecified atom stereocenters. The van der Waals surface area contributed by atoms with Gasteiger partial charge in [-0.25, -0.2) is 4.98 Å². The van der Waals surface area contributed by atoms with Crippen molar-refractivity contribution in [3.8, 4) is 11.5 Å². The van der Waals surface area contributed by atoms with Crippen LogP contribution in [-0.2, 0) is 4.79 Å². The molecule has 4 rings (SSSR count). The Morgan fingerprint density at radius 2 is 2.00 bits per heavy atom. The van der Waals surface area contributed by atoms with Crippen LogP contribution in [0.2, 0.25) is 0 Å². The zero-order valence-corrected chi connectivity index (χ0v) is 16.3. The summed E-state index contributed by atoms with van der Waals surface area (Å²) in [5.74, 6) is 1.19. The normalized spacial score (nSPS) is 14.1. The lowest BCUT2D eigenvalue weighted by Gasteiger charge is -2.38. The minimum absolute atomic E-state index is 0.0187. The van der Waals surface area contributed by atoms with E-state index in [1.165, 1.54) is 10.3 Å². The molecule has 1 N–H and O–H groups in total. The average molecular weight is 383 g/mol.